The molecule has 3 N–H and O–H groups in total. The fraction of sp³-hybridized carbons (Fsp3) is 0.481. The number of anilines is 1. The van der Waals surface area contributed by atoms with Gasteiger partial charge in [-0.2, -0.15) is 13.2 Å². The van der Waals surface area contributed by atoms with E-state index in [1.165, 1.54) is 17.0 Å². The van der Waals surface area contributed by atoms with Crippen LogP contribution in [0.15, 0.2) is 36.7 Å². The fourth-order valence-corrected chi connectivity index (χ4v) is 6.23. The highest BCUT2D eigenvalue weighted by atomic mass is 19.4. The molecule has 3 aromatic rings. The van der Waals surface area contributed by atoms with Gasteiger partial charge in [0.2, 0.25) is 5.91 Å². The van der Waals surface area contributed by atoms with Gasteiger partial charge in [-0.1, -0.05) is 18.9 Å². The van der Waals surface area contributed by atoms with Gasteiger partial charge in [-0.25, -0.2) is 15.4 Å². The smallest absolute Gasteiger partial charge is 0.353 e. The van der Waals surface area contributed by atoms with Crippen LogP contribution in [0.1, 0.15) is 47.2 Å². The Morgan fingerprint density at radius 2 is 1.85 bits per heavy atom. The van der Waals surface area contributed by atoms with Crippen LogP contribution < -0.4 is 15.8 Å². The molecule has 0 bridgehead atoms. The maximum absolute atomic E-state index is 14.0. The number of carbonyl (C=O) groups is 2. The number of benzene rings is 1. The van der Waals surface area contributed by atoms with E-state index in [2.05, 4.69) is 25.8 Å². The minimum Gasteiger partial charge on any atom is -0.353 e. The van der Waals surface area contributed by atoms with Crippen molar-refractivity contribution in [3.05, 3.63) is 53.3 Å². The summed E-state index contributed by atoms with van der Waals surface area (Å²) in [5.41, 5.74) is 6.60. The van der Waals surface area contributed by atoms with Crippen molar-refractivity contribution in [3.8, 4) is 0 Å². The summed E-state index contributed by atoms with van der Waals surface area (Å²) in [6.07, 6.45) is 1.09. The average molecular weight is 542 g/mol. The van der Waals surface area contributed by atoms with E-state index in [-0.39, 0.29) is 42.4 Å². The van der Waals surface area contributed by atoms with E-state index in [1.807, 2.05) is 17.0 Å². The molecule has 12 heteroatoms. The molecular weight excluding hydrogens is 511 g/mol. The minimum absolute atomic E-state index is 0.0159. The average Bonchev–Trinajstić information content (AvgIpc) is 3.42. The molecule has 2 aliphatic heterocycles. The number of hydrogen-bond acceptors (Lipinski definition) is 6. The van der Waals surface area contributed by atoms with Crippen LogP contribution in [-0.2, 0) is 17.4 Å². The molecule has 206 valence electrons. The zero-order valence-electron chi connectivity index (χ0n) is 21.3. The van der Waals surface area contributed by atoms with Gasteiger partial charge >= 0.3 is 6.18 Å². The van der Waals surface area contributed by atoms with E-state index in [9.17, 15) is 22.8 Å². The number of imidazole rings is 1. The van der Waals surface area contributed by atoms with Crippen LogP contribution in [0.5, 0.6) is 0 Å². The quantitative estimate of drug-likeness (QED) is 0.468. The molecule has 0 spiro atoms. The number of amides is 2. The van der Waals surface area contributed by atoms with Crippen molar-refractivity contribution >= 4 is 28.8 Å². The Labute approximate surface area is 223 Å². The first kappa shape index (κ1) is 25.6. The second-order valence-corrected chi connectivity index (χ2v) is 10.6. The molecule has 39 heavy (non-hydrogen) atoms. The van der Waals surface area contributed by atoms with Crippen molar-refractivity contribution in [1.29, 1.82) is 0 Å². The molecule has 0 radical (unpaired) electrons. The molecule has 2 saturated heterocycles. The van der Waals surface area contributed by atoms with Gasteiger partial charge in [0.05, 0.1) is 23.0 Å². The molecule has 6 rings (SSSR count). The molecule has 1 aliphatic carbocycles. The zero-order valence-corrected chi connectivity index (χ0v) is 21.3. The molecule has 1 aromatic carbocycles. The van der Waals surface area contributed by atoms with Crippen molar-refractivity contribution in [2.45, 2.75) is 44.3 Å². The van der Waals surface area contributed by atoms with E-state index < -0.39 is 17.6 Å². The number of rotatable bonds is 4. The van der Waals surface area contributed by atoms with Crippen LogP contribution in [0.3, 0.4) is 0 Å². The maximum atomic E-state index is 14.0. The van der Waals surface area contributed by atoms with Crippen LogP contribution in [0, 0.1) is 11.8 Å². The summed E-state index contributed by atoms with van der Waals surface area (Å²) in [4.78, 5) is 41.0. The zero-order chi connectivity index (χ0) is 27.1. The summed E-state index contributed by atoms with van der Waals surface area (Å²) >= 11 is 0. The predicted octanol–water partition coefficient (Wildman–Crippen LogP) is 3.29. The third-order valence-corrected chi connectivity index (χ3v) is 8.29. The van der Waals surface area contributed by atoms with Crippen LogP contribution in [0.25, 0.3) is 11.2 Å². The minimum atomic E-state index is -4.65. The maximum Gasteiger partial charge on any atom is 0.417 e. The third-order valence-electron chi connectivity index (χ3n) is 8.29. The van der Waals surface area contributed by atoms with Crippen molar-refractivity contribution in [2.75, 3.05) is 31.1 Å². The van der Waals surface area contributed by atoms with Gasteiger partial charge in [0.25, 0.3) is 5.91 Å². The summed E-state index contributed by atoms with van der Waals surface area (Å²) in [6, 6.07) is 7.50. The van der Waals surface area contributed by atoms with Crippen LogP contribution in [-0.4, -0.2) is 63.9 Å². The Balaban J connectivity index is 1.19. The molecule has 3 fully saturated rings. The van der Waals surface area contributed by atoms with Gasteiger partial charge < -0.3 is 14.8 Å². The first-order valence-electron chi connectivity index (χ1n) is 13.4. The number of alkyl halides is 3. The molecular formula is C27H30F3N7O2. The van der Waals surface area contributed by atoms with Gasteiger partial charge in [-0.15, -0.1) is 0 Å². The molecule has 2 aromatic heterocycles. The number of halogens is 3. The van der Waals surface area contributed by atoms with Crippen molar-refractivity contribution in [1.82, 2.24) is 30.7 Å². The van der Waals surface area contributed by atoms with E-state index >= 15 is 0 Å². The normalized spacial score (nSPS) is 24.0. The van der Waals surface area contributed by atoms with Crippen LogP contribution >= 0.6 is 0 Å². The summed E-state index contributed by atoms with van der Waals surface area (Å²) in [5.74, 6) is 0.113. The second kappa shape index (κ2) is 10.1. The van der Waals surface area contributed by atoms with Gasteiger partial charge in [-0.3, -0.25) is 15.0 Å². The van der Waals surface area contributed by atoms with Crippen LogP contribution in [0.2, 0.25) is 0 Å². The monoisotopic (exact) mass is 541 g/mol. The first-order chi connectivity index (χ1) is 18.8. The van der Waals surface area contributed by atoms with Gasteiger partial charge in [-0.05, 0) is 55.0 Å². The van der Waals surface area contributed by atoms with Gasteiger partial charge in [0, 0.05) is 38.1 Å². The summed E-state index contributed by atoms with van der Waals surface area (Å²) in [5, 5.41) is 0. The molecule has 3 aliphatic rings. The van der Waals surface area contributed by atoms with Crippen molar-refractivity contribution in [3.63, 3.8) is 0 Å². The largest absolute Gasteiger partial charge is 0.417 e. The Morgan fingerprint density at radius 1 is 1.05 bits per heavy atom. The third kappa shape index (κ3) is 5.05. The number of hydrogen-bond donors (Lipinski definition) is 3. The standard InChI is InChI=1S/C27H30F3N7O2/c28-27(29,30)20-6-5-16(14-22-17-3-1-2-4-18(17)25(38)35-34-22)13-19(20)26(39)37-11-9-36(10-12-37)23-8-7-21-24(33-23)32-15-31-21/h5-8,13,15,17-18,22,34H,1-4,9-12,14H2,(H,35,38)(H,31,32,33). The molecule has 4 heterocycles. The number of nitrogens with one attached hydrogen (secondary N) is 3. The SMILES string of the molecule is O=C1NNC(Cc2ccc(C(F)(F)F)c(C(=O)N3CCN(c4ccc5[nH]cnc5n4)CC3)c2)C2CCCCC12. The second-order valence-electron chi connectivity index (χ2n) is 10.6. The number of pyridine rings is 1. The van der Waals surface area contributed by atoms with Crippen molar-refractivity contribution in [2.24, 2.45) is 11.8 Å². The summed E-state index contributed by atoms with van der Waals surface area (Å²) in [7, 11) is 0. The lowest BCUT2D eigenvalue weighted by Crippen LogP contribution is -2.60. The number of aromatic amines is 1. The number of nitrogens with zero attached hydrogens (tertiary/aromatic N) is 4. The number of hydrazine groups is 1. The Hall–Kier alpha value is -3.67. The fourth-order valence-electron chi connectivity index (χ4n) is 6.23. The number of piperazine rings is 1. The molecule has 1 saturated carbocycles. The lowest BCUT2D eigenvalue weighted by Gasteiger charge is -2.41. The summed E-state index contributed by atoms with van der Waals surface area (Å²) in [6.45, 7) is 1.45. The van der Waals surface area contributed by atoms with E-state index in [0.29, 0.717) is 36.5 Å². The van der Waals surface area contributed by atoms with Gasteiger partial charge in [0.15, 0.2) is 5.65 Å². The molecule has 9 nitrogen and oxygen atoms in total. The lowest BCUT2D eigenvalue weighted by atomic mass is 9.72. The molecule has 2 amide bonds. The summed E-state index contributed by atoms with van der Waals surface area (Å²) < 4.78 is 41.9. The highest BCUT2D eigenvalue weighted by Gasteiger charge is 2.41. The highest BCUT2D eigenvalue weighted by Crippen LogP contribution is 2.37. The first-order valence-corrected chi connectivity index (χ1v) is 13.4. The van der Waals surface area contributed by atoms with Gasteiger partial charge in [0.1, 0.15) is 5.82 Å². The Morgan fingerprint density at radius 3 is 2.64 bits per heavy atom. The number of carbonyl (C=O) groups excluding carboxylic acids is 2. The van der Waals surface area contributed by atoms with E-state index in [4.69, 9.17) is 0 Å². The topological polar surface area (TPSA) is 106 Å². The van der Waals surface area contributed by atoms with E-state index in [1.54, 1.807) is 6.33 Å². The Bertz CT molecular complexity index is 1380. The molecule has 3 unspecified atom stereocenters. The lowest BCUT2D eigenvalue weighted by molar-refractivity contribution is -0.138. The van der Waals surface area contributed by atoms with E-state index in [0.717, 1.165) is 37.3 Å². The van der Waals surface area contributed by atoms with Crippen LogP contribution in [0.4, 0.5) is 19.0 Å². The molecule has 3 atom stereocenters. The Kier molecular flexibility index (Phi) is 6.66. The highest BCUT2D eigenvalue weighted by molar-refractivity contribution is 5.96. The number of H-pyrrole nitrogens is 1. The van der Waals surface area contributed by atoms with Crippen molar-refractivity contribution < 1.29 is 22.8 Å². The predicted molar refractivity (Wildman–Crippen MR) is 138 cm³/mol. The number of fused-ring (bicyclic) bond motifs is 2. The number of aromatic nitrogens is 3.